The van der Waals surface area contributed by atoms with Crippen LogP contribution in [0.5, 0.6) is 0 Å². The molecule has 0 fully saturated rings. The van der Waals surface area contributed by atoms with Crippen LogP contribution in [0.3, 0.4) is 0 Å². The van der Waals surface area contributed by atoms with Gasteiger partial charge in [0.1, 0.15) is 4.83 Å². The maximum atomic E-state index is 5.25. The van der Waals surface area contributed by atoms with Crippen molar-refractivity contribution < 1.29 is 20.1 Å². The maximum absolute atomic E-state index is 5.25. The van der Waals surface area contributed by atoms with E-state index in [9.17, 15) is 0 Å². The van der Waals surface area contributed by atoms with E-state index in [1.54, 1.807) is 11.3 Å². The normalized spacial score (nSPS) is 11.8. The first-order valence-corrected chi connectivity index (χ1v) is 26.0. The largest absolute Gasteiger partial charge is 0.333 e. The molecule has 4 nitrogen and oxygen atoms in total. The van der Waals surface area contributed by atoms with Gasteiger partial charge in [-0.2, -0.15) is 11.3 Å². The first-order valence-electron chi connectivity index (χ1n) is 21.7. The number of imidazole rings is 1. The van der Waals surface area contributed by atoms with Crippen LogP contribution in [0.1, 0.15) is 75.8 Å². The van der Waals surface area contributed by atoms with E-state index in [1.807, 2.05) is 25.1 Å². The Balaban J connectivity index is 0.000000233. The zero-order valence-corrected chi connectivity index (χ0v) is 41.8. The molecule has 0 aliphatic carbocycles. The zero-order valence-electron chi connectivity index (χ0n) is 37.6. The second-order valence-corrected chi connectivity index (χ2v) is 24.4. The fourth-order valence-electron chi connectivity index (χ4n) is 8.35. The monoisotopic (exact) mass is 1030 g/mol. The van der Waals surface area contributed by atoms with Gasteiger partial charge in [0.2, 0.25) is 0 Å². The molecule has 0 aliphatic rings. The minimum absolute atomic E-state index is 0. The van der Waals surface area contributed by atoms with Gasteiger partial charge in [0.15, 0.2) is 0 Å². The van der Waals surface area contributed by atoms with Gasteiger partial charge in [0.25, 0.3) is 0 Å². The summed E-state index contributed by atoms with van der Waals surface area (Å²) in [5, 5.41) is 3.88. The molecule has 5 aromatic carbocycles. The minimum atomic E-state index is -1.34. The Labute approximate surface area is 386 Å². The molecule has 4 heterocycles. The summed E-state index contributed by atoms with van der Waals surface area (Å²) in [5.74, 6) is 2.23. The maximum Gasteiger partial charge on any atom is 0.114 e. The van der Waals surface area contributed by atoms with Crippen LogP contribution in [-0.4, -0.2) is 27.6 Å². The van der Waals surface area contributed by atoms with Crippen molar-refractivity contribution in [2.24, 2.45) is 5.92 Å². The van der Waals surface area contributed by atoms with E-state index in [4.69, 9.17) is 9.97 Å². The van der Waals surface area contributed by atoms with Crippen LogP contribution in [0, 0.1) is 25.0 Å². The Kier molecular flexibility index (Phi) is 13.6. The van der Waals surface area contributed by atoms with Gasteiger partial charge in [0, 0.05) is 37.7 Å². The third-order valence-electron chi connectivity index (χ3n) is 11.4. The first kappa shape index (κ1) is 45.0. The zero-order chi connectivity index (χ0) is 43.0. The van der Waals surface area contributed by atoms with Gasteiger partial charge in [0.05, 0.1) is 24.9 Å². The van der Waals surface area contributed by atoms with Crippen LogP contribution in [0.25, 0.3) is 70.8 Å². The summed E-state index contributed by atoms with van der Waals surface area (Å²) >= 11 is 1.73. The van der Waals surface area contributed by atoms with E-state index in [-0.39, 0.29) is 20.1 Å². The smallest absolute Gasteiger partial charge is 0.114 e. The number of rotatable bonds is 9. The predicted octanol–water partition coefficient (Wildman–Crippen LogP) is 14.8. The van der Waals surface area contributed by atoms with Crippen molar-refractivity contribution >= 4 is 55.9 Å². The van der Waals surface area contributed by atoms with Crippen molar-refractivity contribution in [3.8, 4) is 39.5 Å². The fourth-order valence-corrected chi connectivity index (χ4v) is 11.0. The minimum Gasteiger partial charge on any atom is -0.333 e. The van der Waals surface area contributed by atoms with Gasteiger partial charge in [-0.3, -0.25) is 4.98 Å². The van der Waals surface area contributed by atoms with Crippen LogP contribution < -0.4 is 5.19 Å². The number of aromatic nitrogens is 4. The summed E-state index contributed by atoms with van der Waals surface area (Å²) in [7, 11) is -1.34. The number of fused-ring (bicyclic) bond motifs is 4. The van der Waals surface area contributed by atoms with Crippen molar-refractivity contribution in [3.05, 3.63) is 162 Å². The summed E-state index contributed by atoms with van der Waals surface area (Å²) in [6.07, 6.45) is 3.24. The van der Waals surface area contributed by atoms with E-state index >= 15 is 0 Å². The number of hydrogen-bond acceptors (Lipinski definition) is 4. The van der Waals surface area contributed by atoms with Gasteiger partial charge in [-0.1, -0.05) is 127 Å². The van der Waals surface area contributed by atoms with E-state index in [1.165, 1.54) is 54.2 Å². The molecule has 0 saturated carbocycles. The summed E-state index contributed by atoms with van der Waals surface area (Å²) < 4.78 is 3.59. The summed E-state index contributed by atoms with van der Waals surface area (Å²) in [6.45, 7) is 23.0. The van der Waals surface area contributed by atoms with Crippen LogP contribution in [0.15, 0.2) is 128 Å². The van der Waals surface area contributed by atoms with Gasteiger partial charge in [-0.05, 0) is 105 Å². The van der Waals surface area contributed by atoms with Crippen LogP contribution >= 0.6 is 11.3 Å². The Hall–Kier alpha value is -5.04. The van der Waals surface area contributed by atoms with E-state index < -0.39 is 8.07 Å². The molecular formula is C55H56IrN4SSi-2. The van der Waals surface area contributed by atoms with Crippen LogP contribution in [-0.2, 0) is 26.5 Å². The fraction of sp³-hybridized carbons (Fsp3) is 0.255. The SMILES string of the molecule is CC(C)Cc1cc(-c2[c-]cccc2)ncc1[Si](C)(C)C.Cc1ccc2c(n1)sc1c[c-]c(-c3nc4ccccc4n3-c3c(C(C)C)cc(-c4ccccc4)cc3C(C)C)cc12.[Ir]. The first-order chi connectivity index (χ1) is 29.3. The number of benzene rings is 5. The molecule has 9 aromatic rings. The van der Waals surface area contributed by atoms with E-state index in [2.05, 4.69) is 192 Å². The molecule has 62 heavy (non-hydrogen) atoms. The third kappa shape index (κ3) is 9.33. The Bertz CT molecular complexity index is 2950. The van der Waals surface area contributed by atoms with Gasteiger partial charge < -0.3 is 9.55 Å². The van der Waals surface area contributed by atoms with Crippen molar-refractivity contribution in [1.29, 1.82) is 0 Å². The number of thiophene rings is 1. The van der Waals surface area contributed by atoms with Crippen LogP contribution in [0.2, 0.25) is 19.6 Å². The quantitative estimate of drug-likeness (QED) is 0.107. The second-order valence-electron chi connectivity index (χ2n) is 18.3. The van der Waals surface area contributed by atoms with Gasteiger partial charge in [-0.15, -0.1) is 59.7 Å². The standard InChI is InChI=1S/C37H32N3S.C18H24NSi.Ir/c1-22(2)29-20-27(25-11-7-6-8-12-25)21-30(23(3)4)35(29)40-33-14-10-9-13-32(33)39-36(40)26-16-18-34-31(19-26)28-17-15-24(5)38-37(28)41-34;1-14(2)11-16-12-17(15-9-7-6-8-10-15)19-13-18(16)20(3,4)5;/h6-15,17-23H,1-5H3;6-9,12-14H,11H2,1-5H3;/q2*-1;. The van der Waals surface area contributed by atoms with Crippen molar-refractivity contribution in [2.45, 2.75) is 86.4 Å². The van der Waals surface area contributed by atoms with Gasteiger partial charge >= 0.3 is 0 Å². The molecule has 9 rings (SSSR count). The molecule has 4 aromatic heterocycles. The molecule has 1 radical (unpaired) electrons. The number of pyridine rings is 2. The molecule has 7 heteroatoms. The second kappa shape index (κ2) is 18.7. The molecular weight excluding hydrogens is 969 g/mol. The number of para-hydroxylation sites is 2. The van der Waals surface area contributed by atoms with Crippen molar-refractivity contribution in [3.63, 3.8) is 0 Å². The average Bonchev–Trinajstić information content (AvgIpc) is 3.81. The van der Waals surface area contributed by atoms with Crippen molar-refractivity contribution in [2.75, 3.05) is 0 Å². The van der Waals surface area contributed by atoms with Crippen molar-refractivity contribution in [1.82, 2.24) is 19.5 Å². The third-order valence-corrected chi connectivity index (χ3v) is 14.5. The molecule has 0 atom stereocenters. The van der Waals surface area contributed by atoms with Crippen LogP contribution in [0.4, 0.5) is 0 Å². The Morgan fingerprint density at radius 2 is 1.39 bits per heavy atom. The number of hydrogen-bond donors (Lipinski definition) is 0. The number of nitrogens with zero attached hydrogens (tertiary/aromatic N) is 4. The van der Waals surface area contributed by atoms with E-state index in [0.717, 1.165) is 50.6 Å². The molecule has 0 saturated heterocycles. The summed E-state index contributed by atoms with van der Waals surface area (Å²) in [6, 6.07) is 49.8. The van der Waals surface area contributed by atoms with Gasteiger partial charge in [-0.25, -0.2) is 4.98 Å². The molecule has 0 spiro atoms. The molecule has 0 N–H and O–H groups in total. The molecule has 0 amide bonds. The average molecular weight is 1030 g/mol. The molecule has 0 unspecified atom stereocenters. The Morgan fingerprint density at radius 1 is 0.694 bits per heavy atom. The topological polar surface area (TPSA) is 43.6 Å². The molecule has 0 aliphatic heterocycles. The molecule has 0 bridgehead atoms. The van der Waals surface area contributed by atoms with E-state index in [0.29, 0.717) is 17.8 Å². The number of aryl methyl sites for hydroxylation is 1. The summed E-state index contributed by atoms with van der Waals surface area (Å²) in [4.78, 5) is 15.8. The summed E-state index contributed by atoms with van der Waals surface area (Å²) in [5.41, 5.74) is 14.1. The Morgan fingerprint density at radius 3 is 2.05 bits per heavy atom. The predicted molar refractivity (Wildman–Crippen MR) is 264 cm³/mol. The molecule has 317 valence electrons.